The molecule has 20 heavy (non-hydrogen) atoms. The van der Waals surface area contributed by atoms with Crippen LogP contribution < -0.4 is 10.6 Å². The van der Waals surface area contributed by atoms with Crippen LogP contribution in [0.2, 0.25) is 0 Å². The zero-order valence-electron chi connectivity index (χ0n) is 11.3. The number of anilines is 1. The van der Waals surface area contributed by atoms with Crippen LogP contribution in [-0.4, -0.2) is 18.4 Å². The fourth-order valence-corrected chi connectivity index (χ4v) is 2.50. The van der Waals surface area contributed by atoms with Crippen molar-refractivity contribution < 1.29 is 9.59 Å². The highest BCUT2D eigenvalue weighted by molar-refractivity contribution is 9.10. The molecule has 1 aliphatic carbocycles. The van der Waals surface area contributed by atoms with Crippen molar-refractivity contribution in [1.29, 1.82) is 0 Å². The van der Waals surface area contributed by atoms with Gasteiger partial charge in [-0.1, -0.05) is 22.0 Å². The maximum Gasteiger partial charge on any atom is 0.240 e. The fourth-order valence-electron chi connectivity index (χ4n) is 2.03. The van der Waals surface area contributed by atoms with E-state index in [1.54, 1.807) is 6.08 Å². The first-order valence-corrected chi connectivity index (χ1v) is 7.26. The molecule has 0 atom stereocenters. The Kier molecular flexibility index (Phi) is 4.28. The number of nitrogens with one attached hydrogen (secondary N) is 2. The Morgan fingerprint density at radius 1 is 1.40 bits per heavy atom. The van der Waals surface area contributed by atoms with E-state index in [1.165, 1.54) is 0 Å². The minimum absolute atomic E-state index is 0.218. The Hall–Kier alpha value is -1.62. The van der Waals surface area contributed by atoms with Crippen molar-refractivity contribution in [3.05, 3.63) is 40.9 Å². The van der Waals surface area contributed by atoms with Crippen LogP contribution in [0.3, 0.4) is 0 Å². The van der Waals surface area contributed by atoms with Crippen LogP contribution in [0.25, 0.3) is 0 Å². The van der Waals surface area contributed by atoms with Gasteiger partial charge in [0, 0.05) is 16.7 Å². The second-order valence-corrected chi connectivity index (χ2v) is 5.91. The molecule has 1 aromatic rings. The second-order valence-electron chi connectivity index (χ2n) is 4.99. The average Bonchev–Trinajstić information content (AvgIpc) is 3.20. The highest BCUT2D eigenvalue weighted by atomic mass is 79.9. The molecule has 106 valence electrons. The molecule has 0 saturated heterocycles. The zero-order valence-corrected chi connectivity index (χ0v) is 12.9. The molecule has 0 aromatic heterocycles. The third-order valence-electron chi connectivity index (χ3n) is 3.46. The highest BCUT2D eigenvalue weighted by Crippen LogP contribution is 2.47. The lowest BCUT2D eigenvalue weighted by Crippen LogP contribution is -2.40. The molecule has 1 fully saturated rings. The van der Waals surface area contributed by atoms with Gasteiger partial charge < -0.3 is 10.6 Å². The van der Waals surface area contributed by atoms with E-state index in [4.69, 9.17) is 0 Å². The third kappa shape index (κ3) is 2.93. The van der Waals surface area contributed by atoms with E-state index < -0.39 is 5.41 Å². The van der Waals surface area contributed by atoms with Gasteiger partial charge in [0.05, 0.1) is 0 Å². The van der Waals surface area contributed by atoms with E-state index >= 15 is 0 Å². The molecule has 0 unspecified atom stereocenters. The molecule has 2 amide bonds. The van der Waals surface area contributed by atoms with Gasteiger partial charge in [0.1, 0.15) is 5.41 Å². The van der Waals surface area contributed by atoms with Gasteiger partial charge in [-0.2, -0.15) is 0 Å². The Bertz CT molecular complexity index is 565. The summed E-state index contributed by atoms with van der Waals surface area (Å²) in [5.74, 6) is -0.450. The van der Waals surface area contributed by atoms with Gasteiger partial charge in [-0.3, -0.25) is 9.59 Å². The smallest absolute Gasteiger partial charge is 0.240 e. The molecule has 1 saturated carbocycles. The largest absolute Gasteiger partial charge is 0.352 e. The van der Waals surface area contributed by atoms with Crippen LogP contribution in [0.1, 0.15) is 18.4 Å². The van der Waals surface area contributed by atoms with E-state index in [9.17, 15) is 9.59 Å². The first-order valence-electron chi connectivity index (χ1n) is 6.46. The molecule has 0 spiro atoms. The maximum atomic E-state index is 12.3. The molecule has 1 aromatic carbocycles. The number of hydrogen-bond donors (Lipinski definition) is 2. The summed E-state index contributed by atoms with van der Waals surface area (Å²) in [5.41, 5.74) is 0.790. The number of hydrogen-bond acceptors (Lipinski definition) is 2. The summed E-state index contributed by atoms with van der Waals surface area (Å²) < 4.78 is 0.956. The third-order valence-corrected chi connectivity index (χ3v) is 3.96. The topological polar surface area (TPSA) is 58.2 Å². The number of benzene rings is 1. The van der Waals surface area contributed by atoms with E-state index in [0.717, 1.165) is 15.7 Å². The Labute approximate surface area is 126 Å². The minimum Gasteiger partial charge on any atom is -0.352 e. The van der Waals surface area contributed by atoms with E-state index in [0.29, 0.717) is 19.4 Å². The normalized spacial score (nSPS) is 15.3. The maximum absolute atomic E-state index is 12.3. The molecular weight excluding hydrogens is 320 g/mol. The quantitative estimate of drug-likeness (QED) is 0.641. The number of carbonyl (C=O) groups is 2. The van der Waals surface area contributed by atoms with Gasteiger partial charge in [0.15, 0.2) is 0 Å². The van der Waals surface area contributed by atoms with E-state index in [1.807, 2.05) is 25.1 Å². The van der Waals surface area contributed by atoms with Gasteiger partial charge >= 0.3 is 0 Å². The van der Waals surface area contributed by atoms with Gasteiger partial charge in [-0.15, -0.1) is 6.58 Å². The van der Waals surface area contributed by atoms with Crippen molar-refractivity contribution in [2.45, 2.75) is 19.8 Å². The summed E-state index contributed by atoms with van der Waals surface area (Å²) in [6.07, 6.45) is 2.79. The van der Waals surface area contributed by atoms with E-state index in [2.05, 4.69) is 33.1 Å². The van der Waals surface area contributed by atoms with Crippen LogP contribution in [-0.2, 0) is 9.59 Å². The molecular formula is C15H17BrN2O2. The van der Waals surface area contributed by atoms with Crippen LogP contribution in [0.4, 0.5) is 5.69 Å². The van der Waals surface area contributed by atoms with Crippen molar-refractivity contribution in [2.24, 2.45) is 5.41 Å². The summed E-state index contributed by atoms with van der Waals surface area (Å²) in [4.78, 5) is 24.4. The number of carbonyl (C=O) groups excluding carboxylic acids is 2. The first kappa shape index (κ1) is 14.8. The summed E-state index contributed by atoms with van der Waals surface area (Å²) in [6, 6.07) is 5.61. The molecule has 4 nitrogen and oxygen atoms in total. The van der Waals surface area contributed by atoms with Crippen LogP contribution in [0, 0.1) is 12.3 Å². The Morgan fingerprint density at radius 3 is 2.65 bits per heavy atom. The molecule has 5 heteroatoms. The molecule has 2 rings (SSSR count). The lowest BCUT2D eigenvalue weighted by molar-refractivity contribution is -0.134. The lowest BCUT2D eigenvalue weighted by atomic mass is 10.0. The fraction of sp³-hybridized carbons (Fsp3) is 0.333. The van der Waals surface area contributed by atoms with E-state index in [-0.39, 0.29) is 11.8 Å². The van der Waals surface area contributed by atoms with Crippen molar-refractivity contribution >= 4 is 33.4 Å². The van der Waals surface area contributed by atoms with Crippen molar-refractivity contribution in [2.75, 3.05) is 11.9 Å². The molecule has 0 bridgehead atoms. The van der Waals surface area contributed by atoms with Gasteiger partial charge in [-0.05, 0) is 43.5 Å². The number of aryl methyl sites for hydroxylation is 1. The summed E-state index contributed by atoms with van der Waals surface area (Å²) >= 11 is 3.38. The van der Waals surface area contributed by atoms with Crippen LogP contribution in [0.5, 0.6) is 0 Å². The lowest BCUT2D eigenvalue weighted by Gasteiger charge is -2.16. The predicted octanol–water partition coefficient (Wildman–Crippen LogP) is 2.78. The second kappa shape index (κ2) is 5.79. The molecule has 1 aliphatic rings. The van der Waals surface area contributed by atoms with Crippen LogP contribution in [0.15, 0.2) is 35.3 Å². The van der Waals surface area contributed by atoms with Gasteiger partial charge in [-0.25, -0.2) is 0 Å². The number of halogens is 1. The van der Waals surface area contributed by atoms with Crippen LogP contribution >= 0.6 is 15.9 Å². The minimum atomic E-state index is -0.900. The predicted molar refractivity (Wildman–Crippen MR) is 82.4 cm³/mol. The summed E-state index contributed by atoms with van der Waals surface area (Å²) in [5, 5.41) is 5.55. The summed E-state index contributed by atoms with van der Waals surface area (Å²) in [6.45, 7) is 5.84. The molecule has 0 radical (unpaired) electrons. The van der Waals surface area contributed by atoms with Crippen molar-refractivity contribution in [3.8, 4) is 0 Å². The van der Waals surface area contributed by atoms with Crippen molar-refractivity contribution in [1.82, 2.24) is 5.32 Å². The first-order chi connectivity index (χ1) is 9.49. The molecule has 0 heterocycles. The molecule has 2 N–H and O–H groups in total. The van der Waals surface area contributed by atoms with Gasteiger partial charge in [0.25, 0.3) is 0 Å². The zero-order chi connectivity index (χ0) is 14.8. The SMILES string of the molecule is C=CCNC(=O)C1(C(=O)Nc2ccc(Br)cc2C)CC1. The number of rotatable bonds is 5. The standard InChI is InChI=1S/C15H17BrN2O2/c1-3-8-17-13(19)15(6-7-15)14(20)18-12-5-4-11(16)9-10(12)2/h3-5,9H,1,6-8H2,2H3,(H,17,19)(H,18,20). The summed E-state index contributed by atoms with van der Waals surface area (Å²) in [7, 11) is 0. The average molecular weight is 337 g/mol. The Balaban J connectivity index is 2.08. The Morgan fingerprint density at radius 2 is 2.10 bits per heavy atom. The molecule has 0 aliphatic heterocycles. The van der Waals surface area contributed by atoms with Crippen molar-refractivity contribution in [3.63, 3.8) is 0 Å². The van der Waals surface area contributed by atoms with Gasteiger partial charge in [0.2, 0.25) is 11.8 Å². The monoisotopic (exact) mass is 336 g/mol. The highest BCUT2D eigenvalue weighted by Gasteiger charge is 2.56. The number of amides is 2.